The van der Waals surface area contributed by atoms with Gasteiger partial charge >= 0.3 is 0 Å². The summed E-state index contributed by atoms with van der Waals surface area (Å²) in [6.07, 6.45) is 3.34. The predicted molar refractivity (Wildman–Crippen MR) is 73.5 cm³/mol. The molecule has 1 heterocycles. The van der Waals surface area contributed by atoms with Crippen LogP contribution in [0.15, 0.2) is 28.6 Å². The summed E-state index contributed by atoms with van der Waals surface area (Å²) in [5, 5.41) is 9.72. The SMILES string of the molecule is CCCCCN(O)Sc1nc2ccccc2s1. The van der Waals surface area contributed by atoms with E-state index in [-0.39, 0.29) is 0 Å². The number of hydrogen-bond acceptors (Lipinski definition) is 5. The lowest BCUT2D eigenvalue weighted by molar-refractivity contribution is 0.0155. The Morgan fingerprint density at radius 2 is 2.18 bits per heavy atom. The van der Waals surface area contributed by atoms with Crippen molar-refractivity contribution in [2.75, 3.05) is 6.54 Å². The summed E-state index contributed by atoms with van der Waals surface area (Å²) in [5.74, 6) is 0. The van der Waals surface area contributed by atoms with Crippen LogP contribution in [0.5, 0.6) is 0 Å². The molecule has 0 aliphatic carbocycles. The van der Waals surface area contributed by atoms with Crippen LogP contribution in [-0.2, 0) is 0 Å². The molecule has 0 radical (unpaired) electrons. The number of aromatic nitrogens is 1. The van der Waals surface area contributed by atoms with Crippen molar-refractivity contribution in [1.29, 1.82) is 0 Å². The van der Waals surface area contributed by atoms with Gasteiger partial charge in [-0.1, -0.05) is 31.9 Å². The molecule has 1 N–H and O–H groups in total. The zero-order valence-electron chi connectivity index (χ0n) is 9.80. The smallest absolute Gasteiger partial charge is 0.168 e. The second-order valence-corrected chi connectivity index (χ2v) is 6.10. The van der Waals surface area contributed by atoms with Crippen molar-refractivity contribution in [2.24, 2.45) is 0 Å². The summed E-state index contributed by atoms with van der Waals surface area (Å²) in [6, 6.07) is 8.03. The quantitative estimate of drug-likeness (QED) is 0.484. The lowest BCUT2D eigenvalue weighted by Gasteiger charge is -2.10. The van der Waals surface area contributed by atoms with Crippen LogP contribution in [0.3, 0.4) is 0 Å². The van der Waals surface area contributed by atoms with Crippen molar-refractivity contribution in [3.05, 3.63) is 24.3 Å². The van der Waals surface area contributed by atoms with E-state index in [2.05, 4.69) is 18.0 Å². The van der Waals surface area contributed by atoms with E-state index in [4.69, 9.17) is 0 Å². The van der Waals surface area contributed by atoms with E-state index < -0.39 is 0 Å². The molecule has 2 aromatic rings. The molecule has 0 atom stereocenters. The highest BCUT2D eigenvalue weighted by atomic mass is 32.2. The fourth-order valence-corrected chi connectivity index (χ4v) is 3.44. The Bertz CT molecular complexity index is 439. The molecule has 1 aromatic heterocycles. The second-order valence-electron chi connectivity index (χ2n) is 3.82. The fraction of sp³-hybridized carbons (Fsp3) is 0.417. The van der Waals surface area contributed by atoms with Crippen molar-refractivity contribution in [2.45, 2.75) is 30.5 Å². The Labute approximate surface area is 110 Å². The minimum atomic E-state index is 0.689. The van der Waals surface area contributed by atoms with Gasteiger partial charge in [0.05, 0.1) is 10.2 Å². The molecule has 2 rings (SSSR count). The first-order valence-electron chi connectivity index (χ1n) is 5.79. The van der Waals surface area contributed by atoms with Gasteiger partial charge in [0.2, 0.25) is 0 Å². The zero-order chi connectivity index (χ0) is 12.1. The molecule has 17 heavy (non-hydrogen) atoms. The van der Waals surface area contributed by atoms with E-state index in [1.54, 1.807) is 11.3 Å². The van der Waals surface area contributed by atoms with Crippen LogP contribution >= 0.6 is 23.3 Å². The van der Waals surface area contributed by atoms with Gasteiger partial charge in [0.15, 0.2) is 4.34 Å². The highest BCUT2D eigenvalue weighted by Gasteiger charge is 2.08. The average Bonchev–Trinajstić information content (AvgIpc) is 2.71. The van der Waals surface area contributed by atoms with Crippen LogP contribution in [0, 0.1) is 0 Å². The fourth-order valence-electron chi connectivity index (χ4n) is 1.52. The standard InChI is InChI=1S/C12H16N2OS2/c1-2-3-6-9-14(15)17-12-13-10-7-4-5-8-11(10)16-12/h4-5,7-8,15H,2-3,6,9H2,1H3. The number of unbranched alkanes of at least 4 members (excludes halogenated alkanes) is 2. The third kappa shape index (κ3) is 3.67. The molecule has 0 saturated heterocycles. The Morgan fingerprint density at radius 3 is 2.94 bits per heavy atom. The minimum absolute atomic E-state index is 0.689. The van der Waals surface area contributed by atoms with Gasteiger partial charge in [0.25, 0.3) is 0 Å². The molecule has 0 amide bonds. The molecule has 92 valence electrons. The topological polar surface area (TPSA) is 36.4 Å². The number of para-hydroxylation sites is 1. The Kier molecular flexibility index (Phi) is 4.79. The highest BCUT2D eigenvalue weighted by molar-refractivity contribution is 7.98. The van der Waals surface area contributed by atoms with Gasteiger partial charge in [-0.05, 0) is 18.6 Å². The first-order valence-corrected chi connectivity index (χ1v) is 7.38. The Morgan fingerprint density at radius 1 is 1.35 bits per heavy atom. The first-order chi connectivity index (χ1) is 8.29. The molecule has 0 spiro atoms. The van der Waals surface area contributed by atoms with E-state index in [0.717, 1.165) is 27.4 Å². The number of nitrogens with zero attached hydrogens (tertiary/aromatic N) is 2. The second kappa shape index (κ2) is 6.35. The lowest BCUT2D eigenvalue weighted by atomic mass is 10.3. The minimum Gasteiger partial charge on any atom is -0.303 e. The van der Waals surface area contributed by atoms with Crippen molar-refractivity contribution in [3.8, 4) is 0 Å². The van der Waals surface area contributed by atoms with E-state index in [0.29, 0.717) is 6.54 Å². The van der Waals surface area contributed by atoms with Gasteiger partial charge < -0.3 is 5.21 Å². The summed E-state index contributed by atoms with van der Waals surface area (Å²) in [6.45, 7) is 2.84. The molecular weight excluding hydrogens is 252 g/mol. The molecule has 0 aliphatic heterocycles. The van der Waals surface area contributed by atoms with E-state index in [1.165, 1.54) is 22.8 Å². The Hall–Kier alpha value is -0.620. The maximum Gasteiger partial charge on any atom is 0.168 e. The number of thiazole rings is 1. The third-order valence-electron chi connectivity index (χ3n) is 2.41. The summed E-state index contributed by atoms with van der Waals surface area (Å²) in [7, 11) is 0. The van der Waals surface area contributed by atoms with Gasteiger partial charge in [-0.25, -0.2) is 4.98 Å². The number of fused-ring (bicyclic) bond motifs is 1. The molecule has 3 nitrogen and oxygen atoms in total. The molecule has 5 heteroatoms. The maximum atomic E-state index is 9.72. The molecule has 0 aliphatic rings. The van der Waals surface area contributed by atoms with Gasteiger partial charge in [0.1, 0.15) is 0 Å². The normalized spacial score (nSPS) is 11.5. The monoisotopic (exact) mass is 268 g/mol. The summed E-state index contributed by atoms with van der Waals surface area (Å²) in [5.41, 5.74) is 1.00. The largest absolute Gasteiger partial charge is 0.303 e. The number of rotatable bonds is 6. The average molecular weight is 268 g/mol. The number of benzene rings is 1. The van der Waals surface area contributed by atoms with Crippen LogP contribution in [0.4, 0.5) is 0 Å². The molecule has 0 saturated carbocycles. The summed E-state index contributed by atoms with van der Waals surface area (Å²) < 4.78 is 3.34. The summed E-state index contributed by atoms with van der Waals surface area (Å²) in [4.78, 5) is 4.46. The van der Waals surface area contributed by atoms with Crippen molar-refractivity contribution >= 4 is 33.5 Å². The van der Waals surface area contributed by atoms with Gasteiger partial charge in [-0.15, -0.1) is 15.8 Å². The predicted octanol–water partition coefficient (Wildman–Crippen LogP) is 4.18. The molecule has 0 bridgehead atoms. The maximum absolute atomic E-state index is 9.72. The molecule has 1 aromatic carbocycles. The van der Waals surface area contributed by atoms with E-state index in [9.17, 15) is 5.21 Å². The van der Waals surface area contributed by atoms with Crippen LogP contribution in [0.1, 0.15) is 26.2 Å². The van der Waals surface area contributed by atoms with Crippen LogP contribution in [0.25, 0.3) is 10.2 Å². The molecule has 0 unspecified atom stereocenters. The summed E-state index contributed by atoms with van der Waals surface area (Å²) >= 11 is 2.93. The molecule has 0 fully saturated rings. The highest BCUT2D eigenvalue weighted by Crippen LogP contribution is 2.30. The van der Waals surface area contributed by atoms with Gasteiger partial charge in [0, 0.05) is 18.5 Å². The van der Waals surface area contributed by atoms with Crippen molar-refractivity contribution in [1.82, 2.24) is 9.45 Å². The van der Waals surface area contributed by atoms with Crippen LogP contribution < -0.4 is 0 Å². The van der Waals surface area contributed by atoms with Crippen LogP contribution in [0.2, 0.25) is 0 Å². The van der Waals surface area contributed by atoms with Gasteiger partial charge in [-0.3, -0.25) is 0 Å². The van der Waals surface area contributed by atoms with Crippen molar-refractivity contribution < 1.29 is 5.21 Å². The third-order valence-corrected chi connectivity index (χ3v) is 4.36. The lowest BCUT2D eigenvalue weighted by Crippen LogP contribution is -2.11. The van der Waals surface area contributed by atoms with E-state index >= 15 is 0 Å². The first kappa shape index (κ1) is 12.8. The number of hydrogen-bond donors (Lipinski definition) is 1. The van der Waals surface area contributed by atoms with E-state index in [1.807, 2.05) is 18.2 Å². The molecular formula is C12H16N2OS2. The van der Waals surface area contributed by atoms with Gasteiger partial charge in [-0.2, -0.15) is 0 Å². The van der Waals surface area contributed by atoms with Crippen molar-refractivity contribution in [3.63, 3.8) is 0 Å². The number of hydroxylamine groups is 1. The van der Waals surface area contributed by atoms with Crippen LogP contribution in [-0.4, -0.2) is 21.2 Å². The zero-order valence-corrected chi connectivity index (χ0v) is 11.4. The Balaban J connectivity index is 1.93.